The van der Waals surface area contributed by atoms with Crippen LogP contribution in [0.2, 0.25) is 0 Å². The van der Waals surface area contributed by atoms with Gasteiger partial charge in [-0.25, -0.2) is 9.97 Å². The van der Waals surface area contributed by atoms with E-state index in [0.717, 1.165) is 34.1 Å². The van der Waals surface area contributed by atoms with Crippen LogP contribution in [0.1, 0.15) is 27.3 Å². The first-order valence-electron chi connectivity index (χ1n) is 6.19. The SMILES string of the molecule is COc1ccc(C=O)cc1CSc1nc(C)cc(C)n1. The number of hydrogen-bond donors (Lipinski definition) is 0. The number of benzene rings is 1. The number of aromatic nitrogens is 2. The fourth-order valence-corrected chi connectivity index (χ4v) is 2.81. The van der Waals surface area contributed by atoms with E-state index in [-0.39, 0.29) is 0 Å². The average Bonchev–Trinajstić information content (AvgIpc) is 2.43. The van der Waals surface area contributed by atoms with E-state index in [1.54, 1.807) is 13.2 Å². The minimum atomic E-state index is 0.641. The number of carbonyl (C=O) groups is 1. The number of carbonyl (C=O) groups excluding carboxylic acids is 1. The standard InChI is InChI=1S/C15H16N2O2S/c1-10-6-11(2)17-15(16-10)20-9-13-7-12(8-18)4-5-14(13)19-3/h4-8H,9H2,1-3H3. The molecule has 0 aliphatic carbocycles. The Bertz CT molecular complexity index is 609. The van der Waals surface area contributed by atoms with E-state index in [1.807, 2.05) is 32.0 Å². The van der Waals surface area contributed by atoms with E-state index >= 15 is 0 Å². The largest absolute Gasteiger partial charge is 0.496 e. The summed E-state index contributed by atoms with van der Waals surface area (Å²) in [6.45, 7) is 3.90. The number of hydrogen-bond acceptors (Lipinski definition) is 5. The molecule has 0 radical (unpaired) electrons. The van der Waals surface area contributed by atoms with Crippen molar-refractivity contribution in [2.24, 2.45) is 0 Å². The van der Waals surface area contributed by atoms with Gasteiger partial charge in [0.15, 0.2) is 5.16 Å². The molecule has 0 N–H and O–H groups in total. The van der Waals surface area contributed by atoms with Crippen LogP contribution in [0, 0.1) is 13.8 Å². The van der Waals surface area contributed by atoms with Crippen molar-refractivity contribution in [3.63, 3.8) is 0 Å². The number of methoxy groups -OCH3 is 1. The maximum atomic E-state index is 10.8. The molecule has 2 rings (SSSR count). The van der Waals surface area contributed by atoms with Gasteiger partial charge >= 0.3 is 0 Å². The zero-order valence-corrected chi connectivity index (χ0v) is 12.5. The van der Waals surface area contributed by atoms with Gasteiger partial charge in [-0.1, -0.05) is 11.8 Å². The van der Waals surface area contributed by atoms with Crippen LogP contribution in [-0.2, 0) is 5.75 Å². The Morgan fingerprint density at radius 1 is 1.20 bits per heavy atom. The average molecular weight is 288 g/mol. The summed E-state index contributed by atoms with van der Waals surface area (Å²) >= 11 is 1.53. The molecule has 1 heterocycles. The summed E-state index contributed by atoms with van der Waals surface area (Å²) in [5, 5.41) is 0.737. The highest BCUT2D eigenvalue weighted by Gasteiger charge is 2.07. The molecule has 0 saturated heterocycles. The van der Waals surface area contributed by atoms with Crippen molar-refractivity contribution >= 4 is 18.0 Å². The van der Waals surface area contributed by atoms with E-state index in [1.165, 1.54) is 11.8 Å². The third kappa shape index (κ3) is 3.57. The molecule has 0 unspecified atom stereocenters. The summed E-state index contributed by atoms with van der Waals surface area (Å²) in [4.78, 5) is 19.6. The molecule has 0 amide bonds. The van der Waals surface area contributed by atoms with E-state index in [2.05, 4.69) is 9.97 Å². The minimum Gasteiger partial charge on any atom is -0.496 e. The predicted molar refractivity (Wildman–Crippen MR) is 79.4 cm³/mol. The first-order valence-corrected chi connectivity index (χ1v) is 7.18. The van der Waals surface area contributed by atoms with E-state index < -0.39 is 0 Å². The van der Waals surface area contributed by atoms with Crippen LogP contribution in [0.5, 0.6) is 5.75 Å². The van der Waals surface area contributed by atoms with E-state index in [9.17, 15) is 4.79 Å². The molecule has 0 aliphatic heterocycles. The van der Waals surface area contributed by atoms with Gasteiger partial charge in [-0.15, -0.1) is 0 Å². The molecule has 0 atom stereocenters. The quantitative estimate of drug-likeness (QED) is 0.480. The molecule has 5 heteroatoms. The third-order valence-electron chi connectivity index (χ3n) is 2.76. The Morgan fingerprint density at radius 3 is 2.50 bits per heavy atom. The van der Waals surface area contributed by atoms with Gasteiger partial charge in [0, 0.05) is 28.3 Å². The van der Waals surface area contributed by atoms with Gasteiger partial charge in [0.25, 0.3) is 0 Å². The Labute approximate surface area is 122 Å². The summed E-state index contributed by atoms with van der Waals surface area (Å²) in [5.41, 5.74) is 3.51. The molecule has 104 valence electrons. The second-order valence-electron chi connectivity index (χ2n) is 4.41. The summed E-state index contributed by atoms with van der Waals surface area (Å²) < 4.78 is 5.31. The molecule has 1 aromatic carbocycles. The highest BCUT2D eigenvalue weighted by Crippen LogP contribution is 2.27. The highest BCUT2D eigenvalue weighted by atomic mass is 32.2. The van der Waals surface area contributed by atoms with Crippen LogP contribution < -0.4 is 4.74 Å². The molecule has 0 bridgehead atoms. The van der Waals surface area contributed by atoms with Gasteiger partial charge in [0.2, 0.25) is 0 Å². The second-order valence-corrected chi connectivity index (χ2v) is 5.35. The monoisotopic (exact) mass is 288 g/mol. The Balaban J connectivity index is 2.19. The van der Waals surface area contributed by atoms with E-state index in [0.29, 0.717) is 11.3 Å². The smallest absolute Gasteiger partial charge is 0.188 e. The van der Waals surface area contributed by atoms with Gasteiger partial charge in [-0.2, -0.15) is 0 Å². The topological polar surface area (TPSA) is 52.1 Å². The molecular formula is C15H16N2O2S. The number of rotatable bonds is 5. The molecule has 20 heavy (non-hydrogen) atoms. The van der Waals surface area contributed by atoms with Crippen molar-refractivity contribution < 1.29 is 9.53 Å². The normalized spacial score (nSPS) is 10.3. The van der Waals surface area contributed by atoms with Crippen molar-refractivity contribution in [1.29, 1.82) is 0 Å². The van der Waals surface area contributed by atoms with Crippen molar-refractivity contribution in [3.8, 4) is 5.75 Å². The van der Waals surface area contributed by atoms with Crippen molar-refractivity contribution in [2.75, 3.05) is 7.11 Å². The van der Waals surface area contributed by atoms with Gasteiger partial charge in [-0.05, 0) is 38.1 Å². The van der Waals surface area contributed by atoms with Gasteiger partial charge in [0.1, 0.15) is 12.0 Å². The number of aryl methyl sites for hydroxylation is 2. The lowest BCUT2D eigenvalue weighted by atomic mass is 10.1. The van der Waals surface area contributed by atoms with Crippen LogP contribution in [0.3, 0.4) is 0 Å². The van der Waals surface area contributed by atoms with E-state index in [4.69, 9.17) is 4.74 Å². The summed E-state index contributed by atoms with van der Waals surface area (Å²) in [7, 11) is 1.62. The van der Waals surface area contributed by atoms with Crippen LogP contribution in [-0.4, -0.2) is 23.4 Å². The van der Waals surface area contributed by atoms with Gasteiger partial charge in [0.05, 0.1) is 7.11 Å². The van der Waals surface area contributed by atoms with Crippen molar-refractivity contribution in [3.05, 3.63) is 46.8 Å². The van der Waals surface area contributed by atoms with Gasteiger partial charge in [-0.3, -0.25) is 4.79 Å². The number of nitrogens with zero attached hydrogens (tertiary/aromatic N) is 2. The molecular weight excluding hydrogens is 272 g/mol. The predicted octanol–water partition coefficient (Wildman–Crippen LogP) is 3.21. The van der Waals surface area contributed by atoms with Crippen molar-refractivity contribution in [1.82, 2.24) is 9.97 Å². The molecule has 0 spiro atoms. The molecule has 0 aliphatic rings. The number of thioether (sulfide) groups is 1. The maximum Gasteiger partial charge on any atom is 0.188 e. The summed E-state index contributed by atoms with van der Waals surface area (Å²) in [6, 6.07) is 7.33. The summed E-state index contributed by atoms with van der Waals surface area (Å²) in [6.07, 6.45) is 0.834. The first kappa shape index (κ1) is 14.5. The van der Waals surface area contributed by atoms with Crippen molar-refractivity contribution in [2.45, 2.75) is 24.8 Å². The lowest BCUT2D eigenvalue weighted by Crippen LogP contribution is -1.95. The Morgan fingerprint density at radius 2 is 1.90 bits per heavy atom. The molecule has 0 fully saturated rings. The summed E-state index contributed by atoms with van der Waals surface area (Å²) in [5.74, 6) is 1.43. The zero-order chi connectivity index (χ0) is 14.5. The fraction of sp³-hybridized carbons (Fsp3) is 0.267. The highest BCUT2D eigenvalue weighted by molar-refractivity contribution is 7.98. The number of ether oxygens (including phenoxy) is 1. The van der Waals surface area contributed by atoms with Crippen LogP contribution >= 0.6 is 11.8 Å². The minimum absolute atomic E-state index is 0.641. The molecule has 1 aromatic heterocycles. The van der Waals surface area contributed by atoms with Crippen LogP contribution in [0.15, 0.2) is 29.4 Å². The first-order chi connectivity index (χ1) is 9.62. The lowest BCUT2D eigenvalue weighted by molar-refractivity contribution is 0.112. The Hall–Kier alpha value is -1.88. The van der Waals surface area contributed by atoms with Crippen LogP contribution in [0.4, 0.5) is 0 Å². The second kappa shape index (κ2) is 6.52. The molecule has 4 nitrogen and oxygen atoms in total. The fourth-order valence-electron chi connectivity index (χ4n) is 1.89. The maximum absolute atomic E-state index is 10.8. The lowest BCUT2D eigenvalue weighted by Gasteiger charge is -2.09. The Kier molecular flexibility index (Phi) is 4.74. The van der Waals surface area contributed by atoms with Crippen LogP contribution in [0.25, 0.3) is 0 Å². The molecule has 2 aromatic rings. The van der Waals surface area contributed by atoms with Gasteiger partial charge < -0.3 is 4.74 Å². The zero-order valence-electron chi connectivity index (χ0n) is 11.7. The number of aldehydes is 1. The molecule has 0 saturated carbocycles. The third-order valence-corrected chi connectivity index (χ3v) is 3.66.